The maximum absolute atomic E-state index is 6.12. The molecule has 1 aromatic carbocycles. The summed E-state index contributed by atoms with van der Waals surface area (Å²) < 4.78 is 5.34. The van der Waals surface area contributed by atoms with Crippen LogP contribution in [0.15, 0.2) is 18.2 Å². The van der Waals surface area contributed by atoms with Crippen LogP contribution >= 0.6 is 11.6 Å². The second kappa shape index (κ2) is 7.16. The minimum Gasteiger partial charge on any atom is -0.495 e. The lowest BCUT2D eigenvalue weighted by Crippen LogP contribution is -2.27. The molecule has 3 heteroatoms. The van der Waals surface area contributed by atoms with Crippen LogP contribution in [0.5, 0.6) is 5.75 Å². The first-order chi connectivity index (χ1) is 9.26. The number of benzene rings is 1. The fourth-order valence-electron chi connectivity index (χ4n) is 3.02. The first-order valence-electron chi connectivity index (χ1n) is 7.33. The van der Waals surface area contributed by atoms with E-state index < -0.39 is 0 Å². The predicted octanol–water partition coefficient (Wildman–Crippen LogP) is 4.58. The summed E-state index contributed by atoms with van der Waals surface area (Å²) in [6.45, 7) is 3.27. The van der Waals surface area contributed by atoms with E-state index in [2.05, 4.69) is 24.4 Å². The molecule has 0 spiro atoms. The molecule has 19 heavy (non-hydrogen) atoms. The van der Waals surface area contributed by atoms with Crippen molar-refractivity contribution in [1.29, 1.82) is 0 Å². The van der Waals surface area contributed by atoms with Gasteiger partial charge in [0.15, 0.2) is 0 Å². The minimum absolute atomic E-state index is 0.439. The van der Waals surface area contributed by atoms with Crippen LogP contribution in [-0.2, 0) is 0 Å². The van der Waals surface area contributed by atoms with Gasteiger partial charge in [-0.25, -0.2) is 0 Å². The van der Waals surface area contributed by atoms with E-state index in [0.29, 0.717) is 11.1 Å². The summed E-state index contributed by atoms with van der Waals surface area (Å²) >= 11 is 6.12. The average Bonchev–Trinajstić information content (AvgIpc) is 2.95. The molecular formula is C16H24ClNO. The number of nitrogens with one attached hydrogen (secondary N) is 1. The van der Waals surface area contributed by atoms with Crippen molar-refractivity contribution in [3.63, 3.8) is 0 Å². The monoisotopic (exact) mass is 281 g/mol. The molecule has 0 radical (unpaired) electrons. The SMILES string of the molecule is CCCNC(c1ccc(Cl)c(OC)c1)C1CCCC1. The number of halogens is 1. The normalized spacial score (nSPS) is 17.6. The van der Waals surface area contributed by atoms with E-state index in [-0.39, 0.29) is 0 Å². The molecule has 0 bridgehead atoms. The third kappa shape index (κ3) is 3.64. The Morgan fingerprint density at radius 1 is 1.37 bits per heavy atom. The van der Waals surface area contributed by atoms with Gasteiger partial charge in [0.05, 0.1) is 12.1 Å². The van der Waals surface area contributed by atoms with Crippen LogP contribution in [0.4, 0.5) is 0 Å². The number of ether oxygens (including phenoxy) is 1. The summed E-state index contributed by atoms with van der Waals surface area (Å²) in [5.41, 5.74) is 1.31. The molecule has 2 nitrogen and oxygen atoms in total. The van der Waals surface area contributed by atoms with Gasteiger partial charge in [-0.05, 0) is 49.4 Å². The van der Waals surface area contributed by atoms with E-state index in [1.54, 1.807) is 7.11 Å². The molecule has 0 amide bonds. The van der Waals surface area contributed by atoms with E-state index in [1.807, 2.05) is 6.07 Å². The van der Waals surface area contributed by atoms with Gasteiger partial charge in [0.1, 0.15) is 5.75 Å². The largest absolute Gasteiger partial charge is 0.495 e. The van der Waals surface area contributed by atoms with Crippen LogP contribution in [0, 0.1) is 5.92 Å². The highest BCUT2D eigenvalue weighted by Gasteiger charge is 2.26. The van der Waals surface area contributed by atoms with Crippen molar-refractivity contribution >= 4 is 11.6 Å². The third-order valence-electron chi connectivity index (χ3n) is 4.02. The summed E-state index contributed by atoms with van der Waals surface area (Å²) in [4.78, 5) is 0. The highest BCUT2D eigenvalue weighted by Crippen LogP contribution is 2.37. The molecule has 0 aromatic heterocycles. The average molecular weight is 282 g/mol. The fraction of sp³-hybridized carbons (Fsp3) is 0.625. The van der Waals surface area contributed by atoms with Crippen molar-refractivity contribution < 1.29 is 4.74 Å². The predicted molar refractivity (Wildman–Crippen MR) is 81.0 cm³/mol. The Bertz CT molecular complexity index is 402. The summed E-state index contributed by atoms with van der Waals surface area (Å²) in [6.07, 6.45) is 6.53. The van der Waals surface area contributed by atoms with Crippen molar-refractivity contribution in [3.8, 4) is 5.75 Å². The Morgan fingerprint density at radius 3 is 2.74 bits per heavy atom. The van der Waals surface area contributed by atoms with Gasteiger partial charge in [-0.2, -0.15) is 0 Å². The molecule has 1 aromatic rings. The zero-order chi connectivity index (χ0) is 13.7. The molecule has 0 heterocycles. The quantitative estimate of drug-likeness (QED) is 0.824. The molecule has 0 aliphatic heterocycles. The van der Waals surface area contributed by atoms with Crippen LogP contribution in [0.1, 0.15) is 50.6 Å². The number of rotatable bonds is 6. The van der Waals surface area contributed by atoms with Crippen molar-refractivity contribution in [3.05, 3.63) is 28.8 Å². The van der Waals surface area contributed by atoms with Crippen LogP contribution in [0.3, 0.4) is 0 Å². The topological polar surface area (TPSA) is 21.3 Å². The lowest BCUT2D eigenvalue weighted by atomic mass is 9.91. The van der Waals surface area contributed by atoms with E-state index >= 15 is 0 Å². The van der Waals surface area contributed by atoms with Crippen molar-refractivity contribution in [2.24, 2.45) is 5.92 Å². The first kappa shape index (κ1) is 14.7. The van der Waals surface area contributed by atoms with Crippen LogP contribution in [0.25, 0.3) is 0 Å². The maximum Gasteiger partial charge on any atom is 0.137 e. The van der Waals surface area contributed by atoms with Gasteiger partial charge in [-0.1, -0.05) is 37.4 Å². The first-order valence-corrected chi connectivity index (χ1v) is 7.71. The highest BCUT2D eigenvalue weighted by atomic mass is 35.5. The second-order valence-electron chi connectivity index (χ2n) is 5.37. The Hall–Kier alpha value is -0.730. The van der Waals surface area contributed by atoms with Crippen molar-refractivity contribution in [2.75, 3.05) is 13.7 Å². The van der Waals surface area contributed by atoms with E-state index in [1.165, 1.54) is 31.2 Å². The highest BCUT2D eigenvalue weighted by molar-refractivity contribution is 6.32. The van der Waals surface area contributed by atoms with Gasteiger partial charge in [0, 0.05) is 6.04 Å². The molecule has 1 N–H and O–H groups in total. The van der Waals surface area contributed by atoms with Crippen LogP contribution in [0.2, 0.25) is 5.02 Å². The van der Waals surface area contributed by atoms with E-state index in [9.17, 15) is 0 Å². The summed E-state index contributed by atoms with van der Waals surface area (Å²) in [5.74, 6) is 1.53. The van der Waals surface area contributed by atoms with Gasteiger partial charge >= 0.3 is 0 Å². The van der Waals surface area contributed by atoms with Gasteiger partial charge in [0.2, 0.25) is 0 Å². The second-order valence-corrected chi connectivity index (χ2v) is 5.78. The smallest absolute Gasteiger partial charge is 0.137 e. The standard InChI is InChI=1S/C16H24ClNO/c1-3-10-18-16(12-6-4-5-7-12)13-8-9-14(17)15(11-13)19-2/h8-9,11-12,16,18H,3-7,10H2,1-2H3. The zero-order valence-corrected chi connectivity index (χ0v) is 12.7. The Balaban J connectivity index is 2.20. The molecule has 1 atom stereocenters. The summed E-state index contributed by atoms with van der Waals surface area (Å²) in [6, 6.07) is 6.61. The number of hydrogen-bond acceptors (Lipinski definition) is 2. The number of hydrogen-bond donors (Lipinski definition) is 1. The van der Waals surface area contributed by atoms with E-state index in [0.717, 1.165) is 24.6 Å². The molecule has 106 valence electrons. The van der Waals surface area contributed by atoms with Crippen molar-refractivity contribution in [1.82, 2.24) is 5.32 Å². The molecule has 1 aliphatic carbocycles. The summed E-state index contributed by atoms with van der Waals surface area (Å²) in [5, 5.41) is 4.39. The molecular weight excluding hydrogens is 258 g/mol. The van der Waals surface area contributed by atoms with Gasteiger partial charge in [-0.15, -0.1) is 0 Å². The lowest BCUT2D eigenvalue weighted by molar-refractivity contribution is 0.365. The van der Waals surface area contributed by atoms with Gasteiger partial charge in [-0.3, -0.25) is 0 Å². The van der Waals surface area contributed by atoms with E-state index in [4.69, 9.17) is 16.3 Å². The third-order valence-corrected chi connectivity index (χ3v) is 4.33. The lowest BCUT2D eigenvalue weighted by Gasteiger charge is -2.25. The summed E-state index contributed by atoms with van der Waals surface area (Å²) in [7, 11) is 1.68. The van der Waals surface area contributed by atoms with Gasteiger partial charge < -0.3 is 10.1 Å². The molecule has 1 saturated carbocycles. The number of methoxy groups -OCH3 is 1. The molecule has 1 unspecified atom stereocenters. The Morgan fingerprint density at radius 2 is 2.11 bits per heavy atom. The molecule has 1 fully saturated rings. The fourth-order valence-corrected chi connectivity index (χ4v) is 3.21. The van der Waals surface area contributed by atoms with Crippen LogP contribution < -0.4 is 10.1 Å². The minimum atomic E-state index is 0.439. The Labute approximate surface area is 121 Å². The molecule has 1 aliphatic rings. The zero-order valence-electron chi connectivity index (χ0n) is 11.9. The van der Waals surface area contributed by atoms with Crippen LogP contribution in [-0.4, -0.2) is 13.7 Å². The molecule has 2 rings (SSSR count). The van der Waals surface area contributed by atoms with Gasteiger partial charge in [0.25, 0.3) is 0 Å². The van der Waals surface area contributed by atoms with Crippen molar-refractivity contribution in [2.45, 2.75) is 45.1 Å². The Kier molecular flexibility index (Phi) is 5.53. The molecule has 0 saturated heterocycles. The maximum atomic E-state index is 6.12.